The van der Waals surface area contributed by atoms with Crippen molar-refractivity contribution in [2.75, 3.05) is 13.2 Å². The van der Waals surface area contributed by atoms with Crippen LogP contribution in [0.3, 0.4) is 0 Å². The molecule has 0 spiro atoms. The molecule has 0 aliphatic carbocycles. The summed E-state index contributed by atoms with van der Waals surface area (Å²) in [5.41, 5.74) is 1.52. The Morgan fingerprint density at radius 3 is 2.53 bits per heavy atom. The Morgan fingerprint density at radius 1 is 1.16 bits per heavy atom. The van der Waals surface area contributed by atoms with Crippen molar-refractivity contribution < 1.29 is 17.5 Å². The minimum Gasteiger partial charge on any atom is -0.381 e. The SMILES string of the molecule is CC1CCC(c2ccccc2)S(=O)(=O)N1Cc1ccc(C2(CC#N)CCOCC2)cc1F. The van der Waals surface area contributed by atoms with Gasteiger partial charge >= 0.3 is 0 Å². The van der Waals surface area contributed by atoms with Crippen LogP contribution in [-0.4, -0.2) is 32.0 Å². The van der Waals surface area contributed by atoms with Gasteiger partial charge in [0, 0.05) is 43.2 Å². The average Bonchev–Trinajstić information content (AvgIpc) is 2.78. The maximum atomic E-state index is 15.2. The van der Waals surface area contributed by atoms with E-state index in [1.165, 1.54) is 10.4 Å². The highest BCUT2D eigenvalue weighted by atomic mass is 32.2. The topological polar surface area (TPSA) is 70.4 Å². The molecule has 32 heavy (non-hydrogen) atoms. The molecular formula is C25H29FN2O3S. The third-order valence-corrected chi connectivity index (χ3v) is 9.42. The number of halogens is 1. The standard InChI is InChI=1S/C25H29FN2O3S/c1-19-7-10-24(20-5-3-2-4-6-20)32(29,30)28(19)18-21-8-9-22(17-23(21)26)25(11-14-27)12-15-31-16-13-25/h2-6,8-9,17,19,24H,7,10-13,15-16,18H2,1H3. The van der Waals surface area contributed by atoms with Crippen molar-refractivity contribution >= 4 is 10.0 Å². The Morgan fingerprint density at radius 2 is 1.88 bits per heavy atom. The molecule has 2 unspecified atom stereocenters. The predicted molar refractivity (Wildman–Crippen MR) is 121 cm³/mol. The van der Waals surface area contributed by atoms with Gasteiger partial charge in [0.2, 0.25) is 10.0 Å². The third-order valence-electron chi connectivity index (χ3n) is 7.05. The summed E-state index contributed by atoms with van der Waals surface area (Å²) in [5, 5.41) is 8.72. The Hall–Kier alpha value is -2.27. The number of sulfonamides is 1. The van der Waals surface area contributed by atoms with Gasteiger partial charge in [-0.3, -0.25) is 0 Å². The molecule has 170 valence electrons. The van der Waals surface area contributed by atoms with Gasteiger partial charge in [0.25, 0.3) is 0 Å². The molecule has 2 aliphatic rings. The van der Waals surface area contributed by atoms with Crippen LogP contribution in [0.2, 0.25) is 0 Å². The molecule has 2 fully saturated rings. The van der Waals surface area contributed by atoms with E-state index in [-0.39, 0.29) is 12.6 Å². The number of nitriles is 1. The third kappa shape index (κ3) is 4.32. The summed E-state index contributed by atoms with van der Waals surface area (Å²) in [5.74, 6) is -0.421. The normalized spacial score (nSPS) is 25.2. The molecule has 2 heterocycles. The zero-order valence-electron chi connectivity index (χ0n) is 18.3. The molecule has 0 radical (unpaired) electrons. The lowest BCUT2D eigenvalue weighted by Crippen LogP contribution is -2.44. The van der Waals surface area contributed by atoms with E-state index >= 15 is 4.39 Å². The molecule has 5 nitrogen and oxygen atoms in total. The van der Waals surface area contributed by atoms with Crippen molar-refractivity contribution in [2.24, 2.45) is 0 Å². The number of ether oxygens (including phenoxy) is 1. The molecule has 0 saturated carbocycles. The van der Waals surface area contributed by atoms with Crippen molar-refractivity contribution in [2.45, 2.75) is 62.3 Å². The lowest BCUT2D eigenvalue weighted by Gasteiger charge is -2.38. The van der Waals surface area contributed by atoms with E-state index in [2.05, 4.69) is 6.07 Å². The maximum absolute atomic E-state index is 15.2. The van der Waals surface area contributed by atoms with Gasteiger partial charge in [-0.25, -0.2) is 12.8 Å². The van der Waals surface area contributed by atoms with Crippen LogP contribution in [-0.2, 0) is 26.7 Å². The highest BCUT2D eigenvalue weighted by molar-refractivity contribution is 7.89. The smallest absolute Gasteiger partial charge is 0.221 e. The number of hydrogen-bond donors (Lipinski definition) is 0. The molecule has 2 aromatic carbocycles. The second kappa shape index (κ2) is 9.30. The lowest BCUT2D eigenvalue weighted by atomic mass is 9.72. The molecule has 0 N–H and O–H groups in total. The summed E-state index contributed by atoms with van der Waals surface area (Å²) in [6.07, 6.45) is 2.95. The molecular weight excluding hydrogens is 427 g/mol. The number of rotatable bonds is 5. The second-order valence-corrected chi connectivity index (χ2v) is 11.0. The van der Waals surface area contributed by atoms with Gasteiger partial charge < -0.3 is 4.74 Å². The maximum Gasteiger partial charge on any atom is 0.221 e. The van der Waals surface area contributed by atoms with Crippen molar-refractivity contribution in [3.05, 3.63) is 71.0 Å². The van der Waals surface area contributed by atoms with E-state index in [1.807, 2.05) is 43.3 Å². The minimum atomic E-state index is -3.63. The Balaban J connectivity index is 1.61. The van der Waals surface area contributed by atoms with Crippen LogP contribution >= 0.6 is 0 Å². The molecule has 7 heteroatoms. The largest absolute Gasteiger partial charge is 0.381 e. The monoisotopic (exact) mass is 456 g/mol. The van der Waals surface area contributed by atoms with Crippen molar-refractivity contribution in [3.8, 4) is 6.07 Å². The fraction of sp³-hybridized carbons (Fsp3) is 0.480. The zero-order chi connectivity index (χ0) is 22.8. The number of benzene rings is 2. The summed E-state index contributed by atoms with van der Waals surface area (Å²) in [6, 6.07) is 16.3. The van der Waals surface area contributed by atoms with Crippen LogP contribution in [0, 0.1) is 17.1 Å². The van der Waals surface area contributed by atoms with Crippen LogP contribution in [0.5, 0.6) is 0 Å². The van der Waals surface area contributed by atoms with Gasteiger partial charge in [-0.2, -0.15) is 9.57 Å². The first-order valence-corrected chi connectivity index (χ1v) is 12.7. The Labute approximate surface area is 189 Å². The first-order valence-electron chi connectivity index (χ1n) is 11.2. The summed E-state index contributed by atoms with van der Waals surface area (Å²) >= 11 is 0. The van der Waals surface area contributed by atoms with Crippen LogP contribution < -0.4 is 0 Å². The van der Waals surface area contributed by atoms with E-state index in [4.69, 9.17) is 4.74 Å². The molecule has 4 rings (SSSR count). The second-order valence-electron chi connectivity index (χ2n) is 8.95. The highest BCUT2D eigenvalue weighted by Crippen LogP contribution is 2.40. The van der Waals surface area contributed by atoms with Gasteiger partial charge in [0.05, 0.1) is 6.07 Å². The van der Waals surface area contributed by atoms with Crippen molar-refractivity contribution in [3.63, 3.8) is 0 Å². The summed E-state index contributed by atoms with van der Waals surface area (Å²) in [7, 11) is -3.63. The molecule has 2 aliphatic heterocycles. The van der Waals surface area contributed by atoms with Crippen molar-refractivity contribution in [1.82, 2.24) is 4.31 Å². The van der Waals surface area contributed by atoms with Crippen LogP contribution in [0.1, 0.15) is 61.0 Å². The average molecular weight is 457 g/mol. The summed E-state index contributed by atoms with van der Waals surface area (Å²) in [6.45, 7) is 2.99. The molecule has 0 bridgehead atoms. The fourth-order valence-corrected chi connectivity index (χ4v) is 7.19. The summed E-state index contributed by atoms with van der Waals surface area (Å²) in [4.78, 5) is 0. The predicted octanol–water partition coefficient (Wildman–Crippen LogP) is 4.84. The van der Waals surface area contributed by atoms with E-state index < -0.39 is 26.5 Å². The van der Waals surface area contributed by atoms with E-state index in [9.17, 15) is 13.7 Å². The first-order chi connectivity index (χ1) is 15.4. The minimum absolute atomic E-state index is 0.00725. The number of nitrogens with zero attached hydrogens (tertiary/aromatic N) is 2. The molecule has 2 atom stereocenters. The molecule has 0 aromatic heterocycles. The van der Waals surface area contributed by atoms with E-state index in [0.717, 1.165) is 17.5 Å². The van der Waals surface area contributed by atoms with Gasteiger partial charge in [-0.05, 0) is 49.8 Å². The zero-order valence-corrected chi connectivity index (χ0v) is 19.2. The Kier molecular flexibility index (Phi) is 6.66. The van der Waals surface area contributed by atoms with Crippen LogP contribution in [0.4, 0.5) is 4.39 Å². The van der Waals surface area contributed by atoms with E-state index in [0.29, 0.717) is 44.5 Å². The van der Waals surface area contributed by atoms with Gasteiger partial charge in [0.15, 0.2) is 0 Å². The van der Waals surface area contributed by atoms with E-state index in [1.54, 1.807) is 6.07 Å². The molecule has 0 amide bonds. The lowest BCUT2D eigenvalue weighted by molar-refractivity contribution is 0.0514. The van der Waals surface area contributed by atoms with Gasteiger partial charge in [-0.15, -0.1) is 0 Å². The quantitative estimate of drug-likeness (QED) is 0.645. The molecule has 2 saturated heterocycles. The van der Waals surface area contributed by atoms with Gasteiger partial charge in [-0.1, -0.05) is 42.5 Å². The summed E-state index contributed by atoms with van der Waals surface area (Å²) < 4.78 is 49.0. The number of hydrogen-bond acceptors (Lipinski definition) is 4. The Bertz CT molecular complexity index is 1090. The van der Waals surface area contributed by atoms with Crippen LogP contribution in [0.15, 0.2) is 48.5 Å². The van der Waals surface area contributed by atoms with Crippen LogP contribution in [0.25, 0.3) is 0 Å². The van der Waals surface area contributed by atoms with Crippen molar-refractivity contribution in [1.29, 1.82) is 5.26 Å². The molecule has 2 aromatic rings. The van der Waals surface area contributed by atoms with Gasteiger partial charge in [0.1, 0.15) is 11.1 Å². The first kappa shape index (κ1) is 22.9. The fourth-order valence-electron chi connectivity index (χ4n) is 5.01. The highest BCUT2D eigenvalue weighted by Gasteiger charge is 2.41.